The summed E-state index contributed by atoms with van der Waals surface area (Å²) in [5, 5.41) is 8.25. The molecule has 1 aliphatic rings. The van der Waals surface area contributed by atoms with Crippen LogP contribution in [-0.4, -0.2) is 21.6 Å². The van der Waals surface area contributed by atoms with Gasteiger partial charge in [0.2, 0.25) is 0 Å². The average Bonchev–Trinajstić information content (AvgIpc) is 2.80. The van der Waals surface area contributed by atoms with Crippen molar-refractivity contribution in [2.75, 3.05) is 12.3 Å². The van der Waals surface area contributed by atoms with Gasteiger partial charge in [-0.25, -0.2) is 4.68 Å². The third-order valence-electron chi connectivity index (χ3n) is 3.90. The van der Waals surface area contributed by atoms with E-state index in [1.54, 1.807) is 0 Å². The number of anilines is 1. The van der Waals surface area contributed by atoms with Crippen molar-refractivity contribution in [3.8, 4) is 0 Å². The van der Waals surface area contributed by atoms with E-state index in [0.717, 1.165) is 18.7 Å². The van der Waals surface area contributed by atoms with Gasteiger partial charge in [0.05, 0.1) is 18.8 Å². The molecule has 1 unspecified atom stereocenters. The smallest absolute Gasteiger partial charge is 0.169 e. The van der Waals surface area contributed by atoms with Gasteiger partial charge in [-0.1, -0.05) is 50.3 Å². The maximum absolute atomic E-state index is 5.99. The van der Waals surface area contributed by atoms with E-state index in [1.807, 2.05) is 4.68 Å². The molecule has 0 saturated heterocycles. The highest BCUT2D eigenvalue weighted by Gasteiger charge is 2.27. The van der Waals surface area contributed by atoms with Crippen molar-refractivity contribution in [2.45, 2.75) is 45.3 Å². The molecule has 2 aromatic rings. The molecule has 5 heteroatoms. The fourth-order valence-corrected chi connectivity index (χ4v) is 3.01. The molecule has 2 N–H and O–H groups in total. The second-order valence-electron chi connectivity index (χ2n) is 6.56. The highest BCUT2D eigenvalue weighted by molar-refractivity contribution is 5.38. The molecule has 0 fully saturated rings. The normalized spacial score (nSPS) is 18.5. The molecule has 5 nitrogen and oxygen atoms in total. The van der Waals surface area contributed by atoms with Crippen LogP contribution in [0.5, 0.6) is 0 Å². The summed E-state index contributed by atoms with van der Waals surface area (Å²) < 4.78 is 7.85. The van der Waals surface area contributed by atoms with Crippen LogP contribution in [0.3, 0.4) is 0 Å². The van der Waals surface area contributed by atoms with Crippen LogP contribution < -0.4 is 5.73 Å². The lowest BCUT2D eigenvalue weighted by Gasteiger charge is -2.28. The summed E-state index contributed by atoms with van der Waals surface area (Å²) in [5.74, 6) is 0.506. The molecule has 3 rings (SSSR count). The Kier molecular flexibility index (Phi) is 3.45. The van der Waals surface area contributed by atoms with Crippen molar-refractivity contribution in [1.29, 1.82) is 0 Å². The van der Waals surface area contributed by atoms with Gasteiger partial charge in [-0.15, -0.1) is 5.10 Å². The number of hydrogen-bond acceptors (Lipinski definition) is 4. The molecule has 0 bridgehead atoms. The van der Waals surface area contributed by atoms with Crippen LogP contribution in [0, 0.1) is 0 Å². The van der Waals surface area contributed by atoms with E-state index < -0.39 is 0 Å². The zero-order chi connectivity index (χ0) is 15.0. The first-order chi connectivity index (χ1) is 9.97. The fourth-order valence-electron chi connectivity index (χ4n) is 3.01. The van der Waals surface area contributed by atoms with Gasteiger partial charge in [0.15, 0.2) is 5.82 Å². The van der Waals surface area contributed by atoms with E-state index in [0.29, 0.717) is 12.4 Å². The Morgan fingerprint density at radius 1 is 1.33 bits per heavy atom. The average molecular weight is 286 g/mol. The summed E-state index contributed by atoms with van der Waals surface area (Å²) in [6.07, 6.45) is 0.982. The first-order valence-electron chi connectivity index (χ1n) is 7.35. The first kappa shape index (κ1) is 14.1. The predicted molar refractivity (Wildman–Crippen MR) is 82.0 cm³/mol. The maximum Gasteiger partial charge on any atom is 0.169 e. The van der Waals surface area contributed by atoms with Crippen molar-refractivity contribution in [3.05, 3.63) is 41.1 Å². The van der Waals surface area contributed by atoms with Crippen LogP contribution >= 0.6 is 0 Å². The third-order valence-corrected chi connectivity index (χ3v) is 3.90. The van der Waals surface area contributed by atoms with Crippen LogP contribution in [0.25, 0.3) is 0 Å². The summed E-state index contributed by atoms with van der Waals surface area (Å²) >= 11 is 0. The molecule has 2 heterocycles. The van der Waals surface area contributed by atoms with Crippen LogP contribution in [0.15, 0.2) is 24.3 Å². The lowest BCUT2D eigenvalue weighted by molar-refractivity contribution is 0.0269. The minimum atomic E-state index is -0.0955. The van der Waals surface area contributed by atoms with Gasteiger partial charge in [-0.05, 0) is 17.5 Å². The van der Waals surface area contributed by atoms with E-state index in [2.05, 4.69) is 55.3 Å². The number of fused-ring (bicyclic) bond motifs is 1. The molecule has 21 heavy (non-hydrogen) atoms. The lowest BCUT2D eigenvalue weighted by atomic mass is 9.91. The number of rotatable bonds is 2. The van der Waals surface area contributed by atoms with Gasteiger partial charge in [0.25, 0.3) is 0 Å². The molecule has 1 aliphatic heterocycles. The van der Waals surface area contributed by atoms with Crippen LogP contribution in [0.2, 0.25) is 0 Å². The Labute approximate surface area is 125 Å². The Morgan fingerprint density at radius 2 is 2.10 bits per heavy atom. The molecule has 1 atom stereocenters. The number of nitrogens with two attached hydrogens (primary N) is 1. The number of nitrogens with zero attached hydrogens (tertiary/aromatic N) is 3. The predicted octanol–water partition coefficient (Wildman–Crippen LogP) is 2.47. The SMILES string of the molecule is CC(C)(C)c1c(N)nnn1CC1OCCc2ccccc21. The molecule has 0 radical (unpaired) electrons. The van der Waals surface area contributed by atoms with Crippen LogP contribution in [-0.2, 0) is 23.1 Å². The summed E-state index contributed by atoms with van der Waals surface area (Å²) in [6, 6.07) is 8.44. The van der Waals surface area contributed by atoms with Crippen LogP contribution in [0.4, 0.5) is 5.82 Å². The first-order valence-corrected chi connectivity index (χ1v) is 7.35. The van der Waals surface area contributed by atoms with E-state index >= 15 is 0 Å². The van der Waals surface area contributed by atoms with E-state index in [4.69, 9.17) is 10.5 Å². The molecule has 0 spiro atoms. The zero-order valence-corrected chi connectivity index (χ0v) is 12.8. The molecule has 0 aliphatic carbocycles. The summed E-state index contributed by atoms with van der Waals surface area (Å²) in [4.78, 5) is 0. The number of hydrogen-bond donors (Lipinski definition) is 1. The molecule has 0 saturated carbocycles. The molecule has 0 amide bonds. The maximum atomic E-state index is 5.99. The fraction of sp³-hybridized carbons (Fsp3) is 0.500. The van der Waals surface area contributed by atoms with Crippen LogP contribution in [0.1, 0.15) is 43.7 Å². The van der Waals surface area contributed by atoms with Gasteiger partial charge in [0.1, 0.15) is 6.10 Å². The molecule has 112 valence electrons. The van der Waals surface area contributed by atoms with Gasteiger partial charge in [-0.2, -0.15) is 0 Å². The number of aromatic nitrogens is 3. The van der Waals surface area contributed by atoms with Crippen molar-refractivity contribution < 1.29 is 4.74 Å². The minimum absolute atomic E-state index is 0.0112. The van der Waals surface area contributed by atoms with Crippen molar-refractivity contribution in [3.63, 3.8) is 0 Å². The summed E-state index contributed by atoms with van der Waals surface area (Å²) in [6.45, 7) is 7.75. The lowest BCUT2D eigenvalue weighted by Crippen LogP contribution is -2.25. The van der Waals surface area contributed by atoms with E-state index in [9.17, 15) is 0 Å². The largest absolute Gasteiger partial charge is 0.381 e. The van der Waals surface area contributed by atoms with Crippen molar-refractivity contribution in [2.24, 2.45) is 0 Å². The number of benzene rings is 1. The highest BCUT2D eigenvalue weighted by Crippen LogP contribution is 2.31. The molecular weight excluding hydrogens is 264 g/mol. The van der Waals surface area contributed by atoms with Gasteiger partial charge in [-0.3, -0.25) is 0 Å². The van der Waals surface area contributed by atoms with Crippen molar-refractivity contribution >= 4 is 5.82 Å². The third kappa shape index (κ3) is 2.65. The second kappa shape index (κ2) is 5.15. The van der Waals surface area contributed by atoms with Crippen molar-refractivity contribution in [1.82, 2.24) is 15.0 Å². The molecule has 1 aromatic carbocycles. The topological polar surface area (TPSA) is 66.0 Å². The van der Waals surface area contributed by atoms with Gasteiger partial charge < -0.3 is 10.5 Å². The molecular formula is C16H22N4O. The number of ether oxygens (including phenoxy) is 1. The monoisotopic (exact) mass is 286 g/mol. The highest BCUT2D eigenvalue weighted by atomic mass is 16.5. The summed E-state index contributed by atoms with van der Waals surface area (Å²) in [5.41, 5.74) is 9.47. The Balaban J connectivity index is 1.93. The summed E-state index contributed by atoms with van der Waals surface area (Å²) in [7, 11) is 0. The Hall–Kier alpha value is -1.88. The Morgan fingerprint density at radius 3 is 2.86 bits per heavy atom. The number of nitrogen functional groups attached to an aromatic ring is 1. The van der Waals surface area contributed by atoms with E-state index in [-0.39, 0.29) is 11.5 Å². The van der Waals surface area contributed by atoms with Gasteiger partial charge >= 0.3 is 0 Å². The standard InChI is InChI=1S/C16H22N4O/c1-16(2,3)14-15(17)18-19-20(14)10-13-12-7-5-4-6-11(12)8-9-21-13/h4-7,13H,8-10,17H2,1-3H3. The van der Waals surface area contributed by atoms with E-state index in [1.165, 1.54) is 11.1 Å². The zero-order valence-electron chi connectivity index (χ0n) is 12.8. The second-order valence-corrected chi connectivity index (χ2v) is 6.56. The Bertz CT molecular complexity index is 642. The van der Waals surface area contributed by atoms with Gasteiger partial charge in [0, 0.05) is 5.41 Å². The molecule has 1 aromatic heterocycles. The minimum Gasteiger partial charge on any atom is -0.381 e. The quantitative estimate of drug-likeness (QED) is 0.921.